The molecule has 27 heavy (non-hydrogen) atoms. The molecular formula is C18H19Cl2N3O3S. The highest BCUT2D eigenvalue weighted by Crippen LogP contribution is 2.24. The van der Waals surface area contributed by atoms with E-state index in [4.69, 9.17) is 23.2 Å². The molecule has 1 amide bonds. The van der Waals surface area contributed by atoms with Gasteiger partial charge in [-0.15, -0.1) is 0 Å². The zero-order chi connectivity index (χ0) is 19.6. The third-order valence-electron chi connectivity index (χ3n) is 4.37. The summed E-state index contributed by atoms with van der Waals surface area (Å²) in [7, 11) is -3.14. The molecule has 0 aromatic heterocycles. The van der Waals surface area contributed by atoms with Crippen molar-refractivity contribution in [1.82, 2.24) is 4.31 Å². The van der Waals surface area contributed by atoms with E-state index in [1.165, 1.54) is 16.6 Å². The molecule has 1 aliphatic rings. The fourth-order valence-corrected chi connectivity index (χ4v) is 4.23. The Morgan fingerprint density at radius 3 is 2.19 bits per heavy atom. The summed E-state index contributed by atoms with van der Waals surface area (Å²) < 4.78 is 24.7. The smallest absolute Gasteiger partial charge is 0.257 e. The van der Waals surface area contributed by atoms with Gasteiger partial charge in [-0.05, 0) is 42.5 Å². The Bertz CT molecular complexity index is 941. The summed E-state index contributed by atoms with van der Waals surface area (Å²) >= 11 is 11.9. The monoisotopic (exact) mass is 427 g/mol. The van der Waals surface area contributed by atoms with Crippen molar-refractivity contribution in [2.45, 2.75) is 0 Å². The van der Waals surface area contributed by atoms with Crippen LogP contribution in [0.15, 0.2) is 42.5 Å². The fraction of sp³-hybridized carbons (Fsp3) is 0.278. The van der Waals surface area contributed by atoms with E-state index in [1.807, 2.05) is 12.1 Å². The molecule has 3 rings (SSSR count). The third-order valence-corrected chi connectivity index (χ3v) is 6.22. The van der Waals surface area contributed by atoms with Gasteiger partial charge in [0.2, 0.25) is 10.0 Å². The Kier molecular flexibility index (Phi) is 5.95. The van der Waals surface area contributed by atoms with Gasteiger partial charge in [0.15, 0.2) is 0 Å². The maximum absolute atomic E-state index is 12.4. The summed E-state index contributed by atoms with van der Waals surface area (Å²) in [6.45, 7) is 2.18. The number of sulfonamides is 1. The second kappa shape index (κ2) is 8.06. The number of amides is 1. The molecular weight excluding hydrogens is 409 g/mol. The number of hydrogen-bond acceptors (Lipinski definition) is 4. The van der Waals surface area contributed by atoms with Crippen molar-refractivity contribution < 1.29 is 13.2 Å². The maximum atomic E-state index is 12.4. The summed E-state index contributed by atoms with van der Waals surface area (Å²) in [6.07, 6.45) is 1.23. The van der Waals surface area contributed by atoms with Crippen molar-refractivity contribution in [3.05, 3.63) is 58.1 Å². The van der Waals surface area contributed by atoms with E-state index in [-0.39, 0.29) is 5.91 Å². The maximum Gasteiger partial charge on any atom is 0.257 e. The summed E-state index contributed by atoms with van der Waals surface area (Å²) in [5.74, 6) is -0.314. The van der Waals surface area contributed by atoms with E-state index in [2.05, 4.69) is 10.2 Å². The molecule has 0 unspecified atom stereocenters. The zero-order valence-electron chi connectivity index (χ0n) is 14.7. The number of anilines is 2. The van der Waals surface area contributed by atoms with Crippen molar-refractivity contribution >= 4 is 50.5 Å². The van der Waals surface area contributed by atoms with Gasteiger partial charge in [-0.2, -0.15) is 4.31 Å². The molecule has 9 heteroatoms. The molecule has 0 bridgehead atoms. The van der Waals surface area contributed by atoms with E-state index < -0.39 is 10.0 Å². The highest BCUT2D eigenvalue weighted by Gasteiger charge is 2.23. The lowest BCUT2D eigenvalue weighted by Crippen LogP contribution is -2.48. The summed E-state index contributed by atoms with van der Waals surface area (Å²) in [5, 5.41) is 3.56. The first-order chi connectivity index (χ1) is 12.7. The average molecular weight is 428 g/mol. The third kappa shape index (κ3) is 4.93. The van der Waals surface area contributed by atoms with Crippen molar-refractivity contribution in [2.24, 2.45) is 0 Å². The van der Waals surface area contributed by atoms with Crippen LogP contribution in [0.4, 0.5) is 11.4 Å². The normalized spacial score (nSPS) is 15.6. The van der Waals surface area contributed by atoms with E-state index in [0.29, 0.717) is 47.5 Å². The van der Waals surface area contributed by atoms with Crippen molar-refractivity contribution in [2.75, 3.05) is 42.7 Å². The first kappa shape index (κ1) is 19.9. The van der Waals surface area contributed by atoms with E-state index in [9.17, 15) is 13.2 Å². The van der Waals surface area contributed by atoms with Crippen LogP contribution in [0.3, 0.4) is 0 Å². The first-order valence-electron chi connectivity index (χ1n) is 8.30. The van der Waals surface area contributed by atoms with Gasteiger partial charge in [-0.1, -0.05) is 23.2 Å². The van der Waals surface area contributed by atoms with Gasteiger partial charge in [-0.25, -0.2) is 8.42 Å². The number of nitrogens with one attached hydrogen (secondary N) is 1. The van der Waals surface area contributed by atoms with Crippen LogP contribution >= 0.6 is 23.2 Å². The highest BCUT2D eigenvalue weighted by atomic mass is 35.5. The molecule has 0 aliphatic carbocycles. The van der Waals surface area contributed by atoms with E-state index >= 15 is 0 Å². The topological polar surface area (TPSA) is 69.7 Å². The SMILES string of the molecule is CS(=O)(=O)N1CCN(c2ccc(NC(=O)c3ccc(Cl)cc3Cl)cc2)CC1. The van der Waals surface area contributed by atoms with Crippen LogP contribution in [0.25, 0.3) is 0 Å². The predicted octanol–water partition coefficient (Wildman–Crippen LogP) is 3.33. The van der Waals surface area contributed by atoms with Crippen LogP contribution in [-0.4, -0.2) is 51.1 Å². The molecule has 0 atom stereocenters. The molecule has 1 aliphatic heterocycles. The lowest BCUT2D eigenvalue weighted by atomic mass is 10.2. The van der Waals surface area contributed by atoms with Gasteiger partial charge in [0, 0.05) is 42.6 Å². The molecule has 1 saturated heterocycles. The van der Waals surface area contributed by atoms with Gasteiger partial charge in [0.25, 0.3) is 5.91 Å². The summed E-state index contributed by atoms with van der Waals surface area (Å²) in [4.78, 5) is 14.5. The van der Waals surface area contributed by atoms with E-state index in [1.54, 1.807) is 24.3 Å². The van der Waals surface area contributed by atoms with Gasteiger partial charge >= 0.3 is 0 Å². The number of benzene rings is 2. The molecule has 1 fully saturated rings. The largest absolute Gasteiger partial charge is 0.369 e. The van der Waals surface area contributed by atoms with Crippen LogP contribution in [0.2, 0.25) is 10.0 Å². The standard InChI is InChI=1S/C18H19Cl2N3O3S/c1-27(25,26)23-10-8-22(9-11-23)15-5-3-14(4-6-15)21-18(24)16-7-2-13(19)12-17(16)20/h2-7,12H,8-11H2,1H3,(H,21,24). The Morgan fingerprint density at radius 2 is 1.63 bits per heavy atom. The van der Waals surface area contributed by atoms with Crippen LogP contribution in [-0.2, 0) is 10.0 Å². The Balaban J connectivity index is 1.63. The molecule has 1 heterocycles. The molecule has 6 nitrogen and oxygen atoms in total. The van der Waals surface area contributed by atoms with Crippen LogP contribution in [0.1, 0.15) is 10.4 Å². The lowest BCUT2D eigenvalue weighted by Gasteiger charge is -2.34. The number of rotatable bonds is 4. The minimum atomic E-state index is -3.14. The second-order valence-corrected chi connectivity index (χ2v) is 9.10. The number of carbonyl (C=O) groups excluding carboxylic acids is 1. The Hall–Kier alpha value is -1.80. The molecule has 0 spiro atoms. The van der Waals surface area contributed by atoms with Crippen molar-refractivity contribution in [1.29, 1.82) is 0 Å². The Morgan fingerprint density at radius 1 is 1.00 bits per heavy atom. The first-order valence-corrected chi connectivity index (χ1v) is 10.9. The van der Waals surface area contributed by atoms with Crippen molar-refractivity contribution in [3.63, 3.8) is 0 Å². The van der Waals surface area contributed by atoms with Gasteiger partial charge in [0.1, 0.15) is 0 Å². The zero-order valence-corrected chi connectivity index (χ0v) is 17.0. The van der Waals surface area contributed by atoms with Crippen molar-refractivity contribution in [3.8, 4) is 0 Å². The van der Waals surface area contributed by atoms with Gasteiger partial charge in [0.05, 0.1) is 16.8 Å². The second-order valence-electron chi connectivity index (χ2n) is 6.27. The van der Waals surface area contributed by atoms with Gasteiger partial charge < -0.3 is 10.2 Å². The number of piperazine rings is 1. The number of halogens is 2. The summed E-state index contributed by atoms with van der Waals surface area (Å²) in [5.41, 5.74) is 1.97. The number of hydrogen-bond donors (Lipinski definition) is 1. The molecule has 0 saturated carbocycles. The molecule has 144 valence electrons. The lowest BCUT2D eigenvalue weighted by molar-refractivity contribution is 0.102. The van der Waals surface area contributed by atoms with E-state index in [0.717, 1.165) is 5.69 Å². The van der Waals surface area contributed by atoms with Gasteiger partial charge in [-0.3, -0.25) is 4.79 Å². The van der Waals surface area contributed by atoms with Crippen LogP contribution in [0.5, 0.6) is 0 Å². The fourth-order valence-electron chi connectivity index (χ4n) is 2.91. The molecule has 1 N–H and O–H groups in total. The molecule has 0 radical (unpaired) electrons. The number of nitrogens with zero attached hydrogens (tertiary/aromatic N) is 2. The molecule has 2 aromatic carbocycles. The van der Waals surface area contributed by atoms with Crippen LogP contribution < -0.4 is 10.2 Å². The minimum absolute atomic E-state index is 0.292. The quantitative estimate of drug-likeness (QED) is 0.811. The average Bonchev–Trinajstić information content (AvgIpc) is 2.61. The highest BCUT2D eigenvalue weighted by molar-refractivity contribution is 7.88. The Labute approximate surface area is 168 Å². The number of carbonyl (C=O) groups is 1. The van der Waals surface area contributed by atoms with Crippen LogP contribution in [0, 0.1) is 0 Å². The predicted molar refractivity (Wildman–Crippen MR) is 109 cm³/mol. The molecule has 2 aromatic rings. The minimum Gasteiger partial charge on any atom is -0.369 e. The summed E-state index contributed by atoms with van der Waals surface area (Å²) in [6, 6.07) is 12.1.